The maximum atomic E-state index is 7.83. The number of hydrogen-bond acceptors (Lipinski definition) is 5. The van der Waals surface area contributed by atoms with Gasteiger partial charge >= 0.3 is 0 Å². The lowest BCUT2D eigenvalue weighted by Gasteiger charge is -2.50. The van der Waals surface area contributed by atoms with E-state index in [1.54, 1.807) is 0 Å². The van der Waals surface area contributed by atoms with Crippen molar-refractivity contribution in [3.05, 3.63) is 196 Å². The standard InChI is InChI=1S/C78H84BN3O2/c1-72(2,3)47-25-32-67-55(39-47)70-71(84-67)79-62-45-60-61(78(14,15)38-37-77(60,12)13)46-63(62)81(49-27-30-56-58(40-49)75(8,9)35-33-73(56,4)5)64-42-52(43-65(69(64)79)82(70)50-28-31-57-59(41-50)76(10,11)36-34-74(57,6)7)80(48-21-17-16-18-22-48)51-26-29-54-53-23-19-20-24-66(53)83-68(54)44-51/h16-32,39-46,70-71H,33-38H2,1-15H3. The molecule has 0 saturated carbocycles. The minimum absolute atomic E-state index is 0.00124. The Bertz CT molecular complexity index is 4220. The van der Waals surface area contributed by atoms with Crippen molar-refractivity contribution in [1.29, 1.82) is 0 Å². The van der Waals surface area contributed by atoms with Gasteiger partial charge in [0.15, 0.2) is 0 Å². The van der Waals surface area contributed by atoms with Crippen LogP contribution >= 0.6 is 0 Å². The molecule has 2 atom stereocenters. The molecule has 8 aromatic carbocycles. The van der Waals surface area contributed by atoms with Crippen LogP contribution < -0.4 is 30.4 Å². The molecule has 426 valence electrons. The quantitative estimate of drug-likeness (QED) is 0.160. The molecule has 0 bridgehead atoms. The minimum atomic E-state index is -0.240. The molecule has 15 rings (SSSR count). The lowest BCUT2D eigenvalue weighted by atomic mass is 9.32. The van der Waals surface area contributed by atoms with Crippen molar-refractivity contribution < 1.29 is 9.15 Å². The van der Waals surface area contributed by atoms with E-state index < -0.39 is 0 Å². The van der Waals surface area contributed by atoms with Crippen LogP contribution in [0.5, 0.6) is 5.75 Å². The first kappa shape index (κ1) is 53.5. The number of fused-ring (bicyclic) bond motifs is 12. The smallest absolute Gasteiger partial charge is 0.267 e. The predicted octanol–water partition coefficient (Wildman–Crippen LogP) is 20.0. The maximum Gasteiger partial charge on any atom is 0.267 e. The van der Waals surface area contributed by atoms with Crippen molar-refractivity contribution in [2.45, 2.75) is 192 Å². The average molecular weight is 1110 g/mol. The van der Waals surface area contributed by atoms with Gasteiger partial charge in [-0.3, -0.25) is 0 Å². The summed E-state index contributed by atoms with van der Waals surface area (Å²) in [7, 11) is 0. The van der Waals surface area contributed by atoms with Crippen molar-refractivity contribution >= 4 is 85.1 Å². The number of anilines is 8. The van der Waals surface area contributed by atoms with E-state index in [4.69, 9.17) is 9.15 Å². The summed E-state index contributed by atoms with van der Waals surface area (Å²) in [6.07, 6.45) is 6.87. The Labute approximate surface area is 500 Å². The molecule has 84 heavy (non-hydrogen) atoms. The molecule has 0 radical (unpaired) electrons. The van der Waals surface area contributed by atoms with Crippen LogP contribution in [0.2, 0.25) is 0 Å². The average Bonchev–Trinajstić information content (AvgIpc) is 1.17. The number of para-hydroxylation sites is 2. The van der Waals surface area contributed by atoms with Gasteiger partial charge in [0, 0.05) is 62.2 Å². The summed E-state index contributed by atoms with van der Waals surface area (Å²) in [5.41, 5.74) is 25.1. The summed E-state index contributed by atoms with van der Waals surface area (Å²) in [5.74, 6) is 0.991. The molecule has 5 nitrogen and oxygen atoms in total. The zero-order valence-electron chi connectivity index (χ0n) is 52.6. The monoisotopic (exact) mass is 1110 g/mol. The summed E-state index contributed by atoms with van der Waals surface area (Å²) in [5, 5.41) is 2.25. The molecule has 6 aliphatic rings. The third-order valence-electron chi connectivity index (χ3n) is 22.0. The van der Waals surface area contributed by atoms with E-state index in [9.17, 15) is 0 Å². The van der Waals surface area contributed by atoms with Gasteiger partial charge in [0.25, 0.3) is 6.71 Å². The highest BCUT2D eigenvalue weighted by atomic mass is 16.5. The molecule has 0 saturated heterocycles. The van der Waals surface area contributed by atoms with Crippen LogP contribution in [0.4, 0.5) is 45.5 Å². The van der Waals surface area contributed by atoms with Gasteiger partial charge in [0.1, 0.15) is 22.9 Å². The Morgan fingerprint density at radius 1 is 0.452 bits per heavy atom. The van der Waals surface area contributed by atoms with Gasteiger partial charge in [-0.1, -0.05) is 165 Å². The number of benzene rings is 8. The lowest BCUT2D eigenvalue weighted by Crippen LogP contribution is -2.65. The highest BCUT2D eigenvalue weighted by Gasteiger charge is 2.57. The number of ether oxygens (including phenoxy) is 1. The van der Waals surface area contributed by atoms with Crippen LogP contribution in [0, 0.1) is 0 Å². The van der Waals surface area contributed by atoms with E-state index in [1.807, 2.05) is 0 Å². The summed E-state index contributed by atoms with van der Waals surface area (Å²) >= 11 is 0. The van der Waals surface area contributed by atoms with Crippen LogP contribution in [0.3, 0.4) is 0 Å². The van der Waals surface area contributed by atoms with Gasteiger partial charge in [-0.05, 0) is 211 Å². The Morgan fingerprint density at radius 3 is 1.64 bits per heavy atom. The first-order valence-electron chi connectivity index (χ1n) is 31.5. The molecule has 0 spiro atoms. The third kappa shape index (κ3) is 7.93. The van der Waals surface area contributed by atoms with Crippen LogP contribution in [0.1, 0.15) is 193 Å². The van der Waals surface area contributed by atoms with Gasteiger partial charge in [0.05, 0.1) is 11.7 Å². The van der Waals surface area contributed by atoms with Gasteiger partial charge in [0.2, 0.25) is 0 Å². The summed E-state index contributed by atoms with van der Waals surface area (Å²) < 4.78 is 14.6. The predicted molar refractivity (Wildman–Crippen MR) is 355 cm³/mol. The number of rotatable bonds is 5. The van der Waals surface area contributed by atoms with Crippen molar-refractivity contribution in [1.82, 2.24) is 0 Å². The Morgan fingerprint density at radius 2 is 1.00 bits per heavy atom. The van der Waals surface area contributed by atoms with Crippen molar-refractivity contribution in [3.8, 4) is 5.75 Å². The van der Waals surface area contributed by atoms with Gasteiger partial charge < -0.3 is 23.9 Å². The second kappa shape index (κ2) is 17.7. The molecule has 1 aromatic heterocycles. The fraction of sp³-hybridized carbons (Fsp3) is 0.385. The van der Waals surface area contributed by atoms with Gasteiger partial charge in [-0.2, -0.15) is 0 Å². The van der Waals surface area contributed by atoms with Crippen LogP contribution in [0.25, 0.3) is 21.9 Å². The molecular weight excluding hydrogens is 1020 g/mol. The maximum absolute atomic E-state index is 7.83. The molecule has 3 aliphatic carbocycles. The molecule has 0 N–H and O–H groups in total. The molecule has 0 fully saturated rings. The van der Waals surface area contributed by atoms with Crippen LogP contribution in [0.15, 0.2) is 156 Å². The molecule has 0 amide bonds. The molecule has 2 unspecified atom stereocenters. The summed E-state index contributed by atoms with van der Waals surface area (Å²) in [6, 6.07) is 58.7. The van der Waals surface area contributed by atoms with Gasteiger partial charge in [-0.25, -0.2) is 0 Å². The number of hydrogen-bond donors (Lipinski definition) is 0. The normalized spacial score (nSPS) is 21.3. The summed E-state index contributed by atoms with van der Waals surface area (Å²) in [6.45, 7) is 36.6. The minimum Gasteiger partial charge on any atom is -0.495 e. The van der Waals surface area contributed by atoms with Crippen LogP contribution in [-0.2, 0) is 37.9 Å². The molecule has 4 heterocycles. The molecule has 6 heteroatoms. The zero-order chi connectivity index (χ0) is 58.6. The summed E-state index contributed by atoms with van der Waals surface area (Å²) in [4.78, 5) is 7.97. The SMILES string of the molecule is CC(C)(C)c1ccc2c(c1)C1C(O2)B2c3cc4c(cc3N(c3ccc5c(c3)C(C)(C)CCC5(C)C)c3cc(N(c5ccccc5)c5ccc6c(c5)oc5ccccc56)cc(c32)N1c1ccc2c(c1)C(C)(C)CCC2(C)C)C(C)(C)CCC4(C)C. The van der Waals surface area contributed by atoms with E-state index in [2.05, 4.69) is 270 Å². The van der Waals surface area contributed by atoms with E-state index in [0.29, 0.717) is 0 Å². The molecule has 3 aliphatic heterocycles. The largest absolute Gasteiger partial charge is 0.495 e. The molecule has 9 aromatic rings. The van der Waals surface area contributed by atoms with E-state index in [0.717, 1.165) is 83.3 Å². The Balaban J connectivity index is 1.09. The first-order valence-corrected chi connectivity index (χ1v) is 31.5. The highest BCUT2D eigenvalue weighted by molar-refractivity contribution is 6.91. The van der Waals surface area contributed by atoms with Crippen molar-refractivity contribution in [2.24, 2.45) is 0 Å². The topological polar surface area (TPSA) is 32.1 Å². The van der Waals surface area contributed by atoms with Crippen molar-refractivity contribution in [3.63, 3.8) is 0 Å². The van der Waals surface area contributed by atoms with E-state index in [-0.39, 0.29) is 56.7 Å². The Hall–Kier alpha value is -7.18. The lowest BCUT2D eigenvalue weighted by molar-refractivity contribution is 0.282. The van der Waals surface area contributed by atoms with E-state index in [1.165, 1.54) is 83.9 Å². The number of furan rings is 1. The second-order valence-corrected chi connectivity index (χ2v) is 31.3. The second-order valence-electron chi connectivity index (χ2n) is 31.3. The van der Waals surface area contributed by atoms with Gasteiger partial charge in [-0.15, -0.1) is 0 Å². The highest BCUT2D eigenvalue weighted by Crippen LogP contribution is 2.58. The Kier molecular flexibility index (Phi) is 11.3. The molecular formula is C78H84BN3O2. The van der Waals surface area contributed by atoms with E-state index >= 15 is 0 Å². The fourth-order valence-electron chi connectivity index (χ4n) is 16.5. The first-order chi connectivity index (χ1) is 39.7. The van der Waals surface area contributed by atoms with Crippen LogP contribution in [-0.4, -0.2) is 12.7 Å². The zero-order valence-corrected chi connectivity index (χ0v) is 52.6. The third-order valence-corrected chi connectivity index (χ3v) is 22.0. The number of nitrogens with zero attached hydrogens (tertiary/aromatic N) is 3. The van der Waals surface area contributed by atoms with Crippen molar-refractivity contribution in [2.75, 3.05) is 14.7 Å². The fourth-order valence-corrected chi connectivity index (χ4v) is 16.5.